The Morgan fingerprint density at radius 3 is 2.17 bits per heavy atom. The Morgan fingerprint density at radius 2 is 1.50 bits per heavy atom. The highest BCUT2D eigenvalue weighted by Crippen LogP contribution is 2.25. The fraction of sp³-hybridized carbons (Fsp3) is 0.174. The van der Waals surface area contributed by atoms with Crippen LogP contribution in [0.2, 0.25) is 0 Å². The highest BCUT2D eigenvalue weighted by Gasteiger charge is 2.19. The molecule has 0 unspecified atom stereocenters. The zero-order chi connectivity index (χ0) is 21.6. The second kappa shape index (κ2) is 9.45. The van der Waals surface area contributed by atoms with Gasteiger partial charge in [-0.05, 0) is 61.9 Å². The van der Waals surface area contributed by atoms with Gasteiger partial charge in [-0.25, -0.2) is 8.42 Å². The molecular weight excluding hydrogens is 400 g/mol. The lowest BCUT2D eigenvalue weighted by Crippen LogP contribution is -2.32. The molecule has 6 nitrogen and oxygen atoms in total. The fourth-order valence-corrected chi connectivity index (χ4v) is 3.77. The third-order valence-corrected chi connectivity index (χ3v) is 5.90. The van der Waals surface area contributed by atoms with E-state index in [1.165, 1.54) is 12.1 Å². The molecule has 0 aliphatic rings. The molecule has 0 bridgehead atoms. The van der Waals surface area contributed by atoms with Crippen LogP contribution in [0.4, 0.5) is 5.69 Å². The number of carbonyl (C=O) groups is 1. The van der Waals surface area contributed by atoms with Gasteiger partial charge in [0.15, 0.2) is 0 Å². The minimum absolute atomic E-state index is 0.0145. The van der Waals surface area contributed by atoms with Crippen molar-refractivity contribution in [2.75, 3.05) is 4.72 Å². The summed E-state index contributed by atoms with van der Waals surface area (Å²) >= 11 is 0. The number of ether oxygens (including phenoxy) is 1. The molecule has 2 N–H and O–H groups in total. The highest BCUT2D eigenvalue weighted by atomic mass is 32.2. The predicted octanol–water partition coefficient (Wildman–Crippen LogP) is 4.81. The largest absolute Gasteiger partial charge is 0.457 e. The van der Waals surface area contributed by atoms with Crippen LogP contribution in [0.1, 0.15) is 30.6 Å². The van der Waals surface area contributed by atoms with Crippen LogP contribution in [0.3, 0.4) is 0 Å². The lowest BCUT2D eigenvalue weighted by atomic mass is 10.1. The summed E-state index contributed by atoms with van der Waals surface area (Å²) in [6, 6.07) is 21.8. The first-order chi connectivity index (χ1) is 14.4. The Labute approximate surface area is 177 Å². The van der Waals surface area contributed by atoms with Gasteiger partial charge in [0.2, 0.25) is 0 Å². The molecule has 0 saturated heterocycles. The van der Waals surface area contributed by atoms with Crippen molar-refractivity contribution in [1.82, 2.24) is 5.32 Å². The molecular formula is C23H24N2O4S. The van der Waals surface area contributed by atoms with E-state index in [9.17, 15) is 13.2 Å². The molecule has 1 atom stereocenters. The van der Waals surface area contributed by atoms with Crippen molar-refractivity contribution in [3.05, 3.63) is 84.4 Å². The Balaban J connectivity index is 1.78. The van der Waals surface area contributed by atoms with Crippen molar-refractivity contribution in [3.8, 4) is 11.5 Å². The highest BCUT2D eigenvalue weighted by molar-refractivity contribution is 7.92. The first-order valence-electron chi connectivity index (χ1n) is 9.64. The molecule has 3 aromatic rings. The van der Waals surface area contributed by atoms with E-state index in [0.29, 0.717) is 11.5 Å². The van der Waals surface area contributed by atoms with Crippen LogP contribution in [0, 0.1) is 0 Å². The van der Waals surface area contributed by atoms with Crippen LogP contribution in [-0.4, -0.2) is 20.4 Å². The summed E-state index contributed by atoms with van der Waals surface area (Å²) in [5, 5.41) is 2.85. The van der Waals surface area contributed by atoms with Gasteiger partial charge < -0.3 is 10.1 Å². The number of hydrogen-bond donors (Lipinski definition) is 2. The third-order valence-electron chi connectivity index (χ3n) is 4.52. The molecule has 0 fully saturated rings. The summed E-state index contributed by atoms with van der Waals surface area (Å²) < 4.78 is 33.9. The fourth-order valence-electron chi connectivity index (χ4n) is 2.69. The van der Waals surface area contributed by atoms with Gasteiger partial charge in [0.25, 0.3) is 15.9 Å². The van der Waals surface area contributed by atoms with Crippen LogP contribution >= 0.6 is 0 Å². The van der Waals surface area contributed by atoms with Crippen molar-refractivity contribution in [3.63, 3.8) is 0 Å². The number of para-hydroxylation sites is 2. The van der Waals surface area contributed by atoms with Gasteiger partial charge >= 0.3 is 0 Å². The molecule has 0 aromatic heterocycles. The van der Waals surface area contributed by atoms with E-state index in [1.807, 2.05) is 44.2 Å². The number of benzene rings is 3. The summed E-state index contributed by atoms with van der Waals surface area (Å²) in [7, 11) is -3.88. The van der Waals surface area contributed by atoms with Crippen LogP contribution in [0.15, 0.2) is 83.8 Å². The topological polar surface area (TPSA) is 84.5 Å². The van der Waals surface area contributed by atoms with Gasteiger partial charge in [-0.15, -0.1) is 0 Å². The minimum atomic E-state index is -3.88. The van der Waals surface area contributed by atoms with Crippen LogP contribution in [-0.2, 0) is 10.0 Å². The first-order valence-corrected chi connectivity index (χ1v) is 11.1. The number of nitrogens with one attached hydrogen (secondary N) is 2. The van der Waals surface area contributed by atoms with E-state index in [4.69, 9.17) is 4.74 Å². The standard InChI is InChI=1S/C23H24N2O4S/c1-3-17(2)24-23(26)21-11-7-8-12-22(21)25-30(27,28)20-15-13-19(14-16-20)29-18-9-5-4-6-10-18/h4-17,25H,3H2,1-2H3,(H,24,26)/t17-/m1/s1. The summed E-state index contributed by atoms with van der Waals surface area (Å²) in [6.45, 7) is 3.86. The zero-order valence-electron chi connectivity index (χ0n) is 16.8. The van der Waals surface area contributed by atoms with Crippen molar-refractivity contribution < 1.29 is 17.9 Å². The number of anilines is 1. The lowest BCUT2D eigenvalue weighted by molar-refractivity contribution is 0.0940. The summed E-state index contributed by atoms with van der Waals surface area (Å²) in [5.74, 6) is 0.857. The normalized spacial score (nSPS) is 12.1. The number of sulfonamides is 1. The van der Waals surface area contributed by atoms with Gasteiger partial charge in [0.1, 0.15) is 11.5 Å². The summed E-state index contributed by atoms with van der Waals surface area (Å²) in [5.41, 5.74) is 0.494. The van der Waals surface area contributed by atoms with Crippen LogP contribution in [0.5, 0.6) is 11.5 Å². The van der Waals surface area contributed by atoms with Crippen molar-refractivity contribution in [1.29, 1.82) is 0 Å². The van der Waals surface area contributed by atoms with E-state index in [2.05, 4.69) is 10.0 Å². The molecule has 3 aromatic carbocycles. The average molecular weight is 425 g/mol. The van der Waals surface area contributed by atoms with Gasteiger partial charge in [-0.1, -0.05) is 37.3 Å². The van der Waals surface area contributed by atoms with E-state index >= 15 is 0 Å². The smallest absolute Gasteiger partial charge is 0.261 e. The molecule has 30 heavy (non-hydrogen) atoms. The van der Waals surface area contributed by atoms with Gasteiger partial charge in [-0.2, -0.15) is 0 Å². The Morgan fingerprint density at radius 1 is 0.900 bits per heavy atom. The Bertz CT molecular complexity index is 1100. The lowest BCUT2D eigenvalue weighted by Gasteiger charge is -2.15. The summed E-state index contributed by atoms with van der Waals surface area (Å²) in [4.78, 5) is 12.6. The Hall–Kier alpha value is -3.32. The maximum absolute atomic E-state index is 12.8. The molecule has 0 spiro atoms. The SMILES string of the molecule is CC[C@@H](C)NC(=O)c1ccccc1NS(=O)(=O)c1ccc(Oc2ccccc2)cc1. The monoisotopic (exact) mass is 424 g/mol. The second-order valence-electron chi connectivity index (χ2n) is 6.82. The minimum Gasteiger partial charge on any atom is -0.457 e. The molecule has 7 heteroatoms. The Kier molecular flexibility index (Phi) is 6.74. The number of rotatable bonds is 8. The molecule has 156 valence electrons. The third kappa shape index (κ3) is 5.39. The molecule has 3 rings (SSSR count). The number of amides is 1. The van der Waals surface area contributed by atoms with Gasteiger partial charge in [0, 0.05) is 6.04 Å². The summed E-state index contributed by atoms with van der Waals surface area (Å²) in [6.07, 6.45) is 0.775. The maximum atomic E-state index is 12.8. The predicted molar refractivity (Wildman–Crippen MR) is 117 cm³/mol. The molecule has 0 aliphatic carbocycles. The molecule has 0 saturated carbocycles. The number of hydrogen-bond acceptors (Lipinski definition) is 4. The van der Waals surface area contributed by atoms with E-state index in [-0.39, 0.29) is 28.1 Å². The van der Waals surface area contributed by atoms with Crippen LogP contribution < -0.4 is 14.8 Å². The number of carbonyl (C=O) groups excluding carboxylic acids is 1. The van der Waals surface area contributed by atoms with Crippen LogP contribution in [0.25, 0.3) is 0 Å². The average Bonchev–Trinajstić information content (AvgIpc) is 2.75. The van der Waals surface area contributed by atoms with Crippen molar-refractivity contribution in [2.45, 2.75) is 31.2 Å². The first kappa shape index (κ1) is 21.4. The maximum Gasteiger partial charge on any atom is 0.261 e. The van der Waals surface area contributed by atoms with E-state index < -0.39 is 10.0 Å². The molecule has 1 amide bonds. The molecule has 0 aliphatic heterocycles. The molecule has 0 heterocycles. The van der Waals surface area contributed by atoms with E-state index in [0.717, 1.165) is 6.42 Å². The molecule has 0 radical (unpaired) electrons. The van der Waals surface area contributed by atoms with Gasteiger partial charge in [-0.3, -0.25) is 9.52 Å². The van der Waals surface area contributed by atoms with Crippen molar-refractivity contribution in [2.24, 2.45) is 0 Å². The second-order valence-corrected chi connectivity index (χ2v) is 8.50. The zero-order valence-corrected chi connectivity index (χ0v) is 17.6. The van der Waals surface area contributed by atoms with E-state index in [1.54, 1.807) is 36.4 Å². The van der Waals surface area contributed by atoms with Gasteiger partial charge in [0.05, 0.1) is 16.1 Å². The quantitative estimate of drug-likeness (QED) is 0.544. The van der Waals surface area contributed by atoms with Crippen molar-refractivity contribution >= 4 is 21.6 Å².